The number of hydrogen-bond acceptors (Lipinski definition) is 6. The molecule has 5 rings (SSSR count). The van der Waals surface area contributed by atoms with Crippen molar-refractivity contribution in [3.63, 3.8) is 0 Å². The van der Waals surface area contributed by atoms with Gasteiger partial charge in [0, 0.05) is 36.1 Å². The average molecular weight is 544 g/mol. The normalized spacial score (nSPS) is 10.8. The number of amides is 1. The second-order valence-corrected chi connectivity index (χ2v) is 9.00. The molecule has 0 aliphatic rings. The van der Waals surface area contributed by atoms with E-state index in [1.165, 1.54) is 29.0 Å². The molecule has 39 heavy (non-hydrogen) atoms. The Kier molecular flexibility index (Phi) is 7.51. The zero-order valence-corrected chi connectivity index (χ0v) is 21.6. The Morgan fingerprint density at radius 1 is 1.00 bits per heavy atom. The molecular formula is C29H23ClFN5O3. The van der Waals surface area contributed by atoms with Gasteiger partial charge in [-0.05, 0) is 73.2 Å². The smallest absolute Gasteiger partial charge is 0.269 e. The van der Waals surface area contributed by atoms with E-state index in [-0.39, 0.29) is 16.3 Å². The highest BCUT2D eigenvalue weighted by Crippen LogP contribution is 2.25. The molecule has 0 atom stereocenters. The molecule has 10 heteroatoms. The van der Waals surface area contributed by atoms with Crippen LogP contribution in [-0.2, 0) is 0 Å². The van der Waals surface area contributed by atoms with Gasteiger partial charge in [0.05, 0.1) is 10.7 Å². The first-order valence-corrected chi connectivity index (χ1v) is 12.6. The highest BCUT2D eigenvalue weighted by molar-refractivity contribution is 6.30. The van der Waals surface area contributed by atoms with Crippen LogP contribution in [0.1, 0.15) is 23.7 Å². The van der Waals surface area contributed by atoms with Crippen LogP contribution in [0.3, 0.4) is 0 Å². The number of anilines is 2. The molecule has 196 valence electrons. The maximum Gasteiger partial charge on any atom is 0.269 e. The molecule has 8 nitrogen and oxygen atoms in total. The average Bonchev–Trinajstić information content (AvgIpc) is 2.94. The van der Waals surface area contributed by atoms with E-state index in [2.05, 4.69) is 27.5 Å². The molecule has 3 aromatic heterocycles. The third kappa shape index (κ3) is 5.73. The van der Waals surface area contributed by atoms with Crippen molar-refractivity contribution in [1.29, 1.82) is 0 Å². The number of fused-ring (bicyclic) bond motifs is 1. The fraction of sp³-hybridized carbons (Fsp3) is 0.103. The van der Waals surface area contributed by atoms with Gasteiger partial charge in [-0.1, -0.05) is 18.5 Å². The molecule has 0 fully saturated rings. The van der Waals surface area contributed by atoms with E-state index < -0.39 is 17.3 Å². The summed E-state index contributed by atoms with van der Waals surface area (Å²) < 4.78 is 20.9. The van der Waals surface area contributed by atoms with Gasteiger partial charge < -0.3 is 15.4 Å². The van der Waals surface area contributed by atoms with Gasteiger partial charge in [-0.2, -0.15) is 0 Å². The molecule has 0 saturated heterocycles. The van der Waals surface area contributed by atoms with Crippen molar-refractivity contribution >= 4 is 40.0 Å². The zero-order chi connectivity index (χ0) is 27.4. The number of ether oxygens (including phenoxy) is 1. The standard InChI is InChI=1S/C29H23ClFN5O3/c1-2-12-32-26-17-22(11-14-33-26)39-21-8-5-19(6-9-21)35-28(37)23-15-18-4-3-13-34-27(18)36(29(23)38)20-7-10-25(31)24(30)16-20/h3-11,13-17H,2,12H2,1H3,(H,32,33)(H,35,37). The molecule has 5 aromatic rings. The number of benzene rings is 2. The summed E-state index contributed by atoms with van der Waals surface area (Å²) in [5, 5.41) is 6.36. The van der Waals surface area contributed by atoms with E-state index >= 15 is 0 Å². The molecule has 0 saturated carbocycles. The number of carbonyl (C=O) groups excluding carboxylic acids is 1. The highest BCUT2D eigenvalue weighted by Gasteiger charge is 2.18. The fourth-order valence-corrected chi connectivity index (χ4v) is 4.11. The van der Waals surface area contributed by atoms with Gasteiger partial charge in [0.2, 0.25) is 0 Å². The van der Waals surface area contributed by atoms with Gasteiger partial charge in [-0.15, -0.1) is 0 Å². The van der Waals surface area contributed by atoms with Crippen molar-refractivity contribution in [1.82, 2.24) is 14.5 Å². The molecule has 1 amide bonds. The van der Waals surface area contributed by atoms with E-state index in [1.807, 2.05) is 0 Å². The lowest BCUT2D eigenvalue weighted by atomic mass is 10.1. The molecule has 0 aliphatic carbocycles. The van der Waals surface area contributed by atoms with E-state index in [9.17, 15) is 14.0 Å². The number of carbonyl (C=O) groups is 1. The van der Waals surface area contributed by atoms with Crippen LogP contribution in [0, 0.1) is 5.82 Å². The molecule has 0 spiro atoms. The van der Waals surface area contributed by atoms with Gasteiger partial charge in [0.25, 0.3) is 11.5 Å². The first-order chi connectivity index (χ1) is 18.9. The number of hydrogen-bond donors (Lipinski definition) is 2. The summed E-state index contributed by atoms with van der Waals surface area (Å²) in [5.74, 6) is 0.670. The predicted octanol–water partition coefficient (Wildman–Crippen LogP) is 6.44. The molecule has 0 radical (unpaired) electrons. The van der Waals surface area contributed by atoms with Gasteiger partial charge in [-0.25, -0.2) is 14.4 Å². The predicted molar refractivity (Wildman–Crippen MR) is 150 cm³/mol. The summed E-state index contributed by atoms with van der Waals surface area (Å²) in [7, 11) is 0. The van der Waals surface area contributed by atoms with Crippen LogP contribution in [-0.4, -0.2) is 27.0 Å². The first kappa shape index (κ1) is 25.9. The number of aromatic nitrogens is 3. The highest BCUT2D eigenvalue weighted by atomic mass is 35.5. The summed E-state index contributed by atoms with van der Waals surface area (Å²) in [5.41, 5.74) is 0.337. The van der Waals surface area contributed by atoms with Crippen LogP contribution in [0.5, 0.6) is 11.5 Å². The Bertz CT molecular complexity index is 1720. The van der Waals surface area contributed by atoms with Crippen LogP contribution < -0.4 is 20.9 Å². The van der Waals surface area contributed by atoms with Gasteiger partial charge in [0.1, 0.15) is 34.3 Å². The number of rotatable bonds is 8. The van der Waals surface area contributed by atoms with Crippen molar-refractivity contribution in [2.75, 3.05) is 17.2 Å². The molecule has 2 N–H and O–H groups in total. The van der Waals surface area contributed by atoms with Gasteiger partial charge in [-0.3, -0.25) is 14.2 Å². The maximum absolute atomic E-state index is 13.8. The number of pyridine rings is 3. The van der Waals surface area contributed by atoms with Crippen molar-refractivity contribution in [3.8, 4) is 17.2 Å². The molecule has 3 heterocycles. The minimum Gasteiger partial charge on any atom is -0.457 e. The molecule has 2 aromatic carbocycles. The van der Waals surface area contributed by atoms with Crippen molar-refractivity contribution in [2.24, 2.45) is 0 Å². The Balaban J connectivity index is 1.39. The quantitative estimate of drug-likeness (QED) is 0.234. The van der Waals surface area contributed by atoms with Crippen LogP contribution in [0.2, 0.25) is 5.02 Å². The summed E-state index contributed by atoms with van der Waals surface area (Å²) in [6.07, 6.45) is 4.17. The molecule has 0 unspecified atom stereocenters. The molecule has 0 aliphatic heterocycles. The lowest BCUT2D eigenvalue weighted by Crippen LogP contribution is -2.29. The van der Waals surface area contributed by atoms with Crippen molar-refractivity contribution < 1.29 is 13.9 Å². The fourth-order valence-electron chi connectivity index (χ4n) is 3.93. The Labute approximate surface area is 228 Å². The monoisotopic (exact) mass is 543 g/mol. The Hall–Kier alpha value is -4.76. The zero-order valence-electron chi connectivity index (χ0n) is 20.8. The van der Waals surface area contributed by atoms with E-state index in [0.29, 0.717) is 28.2 Å². The minimum atomic E-state index is -0.621. The molecule has 0 bridgehead atoms. The van der Waals surface area contributed by atoms with Crippen LogP contribution in [0.4, 0.5) is 15.9 Å². The summed E-state index contributed by atoms with van der Waals surface area (Å²) >= 11 is 5.96. The second-order valence-electron chi connectivity index (χ2n) is 8.60. The van der Waals surface area contributed by atoms with Crippen LogP contribution in [0.15, 0.2) is 90.0 Å². The maximum atomic E-state index is 13.8. The lowest BCUT2D eigenvalue weighted by Gasteiger charge is -2.13. The Morgan fingerprint density at radius 3 is 2.59 bits per heavy atom. The van der Waals surface area contributed by atoms with Crippen LogP contribution >= 0.6 is 11.6 Å². The summed E-state index contributed by atoms with van der Waals surface area (Å²) in [4.78, 5) is 35.2. The van der Waals surface area contributed by atoms with E-state index in [1.54, 1.807) is 54.7 Å². The SMILES string of the molecule is CCCNc1cc(Oc2ccc(NC(=O)c3cc4cccnc4n(-c4ccc(F)c(Cl)c4)c3=O)cc2)ccn1. The topological polar surface area (TPSA) is 98.1 Å². The number of nitrogens with one attached hydrogen (secondary N) is 2. The second kappa shape index (κ2) is 11.3. The largest absolute Gasteiger partial charge is 0.457 e. The number of halogens is 2. The first-order valence-electron chi connectivity index (χ1n) is 12.2. The summed E-state index contributed by atoms with van der Waals surface area (Å²) in [6.45, 7) is 2.88. The van der Waals surface area contributed by atoms with Gasteiger partial charge >= 0.3 is 0 Å². The van der Waals surface area contributed by atoms with Crippen molar-refractivity contribution in [2.45, 2.75) is 13.3 Å². The van der Waals surface area contributed by atoms with Gasteiger partial charge in [0.15, 0.2) is 0 Å². The molecular weight excluding hydrogens is 521 g/mol. The third-order valence-corrected chi connectivity index (χ3v) is 6.09. The lowest BCUT2D eigenvalue weighted by molar-refractivity contribution is 0.102. The number of nitrogens with zero attached hydrogens (tertiary/aromatic N) is 3. The van der Waals surface area contributed by atoms with E-state index in [0.717, 1.165) is 24.8 Å². The third-order valence-electron chi connectivity index (χ3n) is 5.80. The minimum absolute atomic E-state index is 0.111. The van der Waals surface area contributed by atoms with E-state index in [4.69, 9.17) is 16.3 Å². The summed E-state index contributed by atoms with van der Waals surface area (Å²) in [6, 6.07) is 19.1. The Morgan fingerprint density at radius 2 is 1.82 bits per heavy atom. The van der Waals surface area contributed by atoms with Crippen molar-refractivity contribution in [3.05, 3.63) is 112 Å². The van der Waals surface area contributed by atoms with Crippen LogP contribution in [0.25, 0.3) is 16.7 Å².